The number of aromatic nitrogens is 1. The average Bonchev–Trinajstić information content (AvgIpc) is 2.54. The van der Waals surface area contributed by atoms with Gasteiger partial charge in [-0.05, 0) is 12.1 Å². The highest BCUT2D eigenvalue weighted by Crippen LogP contribution is 2.22. The van der Waals surface area contributed by atoms with Crippen LogP contribution in [0.5, 0.6) is 5.75 Å². The number of fused-ring (bicyclic) bond motifs is 1. The Morgan fingerprint density at radius 3 is 2.90 bits per heavy atom. The van der Waals surface area contributed by atoms with Crippen LogP contribution in [0.2, 0.25) is 0 Å². The molecule has 0 aliphatic carbocycles. The van der Waals surface area contributed by atoms with E-state index in [-0.39, 0.29) is 6.61 Å². The molecule has 0 amide bonds. The lowest BCUT2D eigenvalue weighted by Crippen LogP contribution is -2.42. The molecule has 5 heteroatoms. The Bertz CT molecular complexity index is 579. The molecule has 1 aromatic carbocycles. The molecule has 0 bridgehead atoms. The van der Waals surface area contributed by atoms with E-state index < -0.39 is 6.10 Å². The number of benzene rings is 1. The third kappa shape index (κ3) is 3.69. The number of β-amino-alcohol motifs (C(OH)–C–C–N with tert-alkyl or cyclic N) is 1. The molecule has 112 valence electrons. The highest BCUT2D eigenvalue weighted by molar-refractivity contribution is 5.84. The first-order valence-electron chi connectivity index (χ1n) is 7.27. The molecule has 1 atom stereocenters. The summed E-state index contributed by atoms with van der Waals surface area (Å²) in [6, 6.07) is 9.72. The number of pyridine rings is 1. The molecule has 0 spiro atoms. The Kier molecular flexibility index (Phi) is 4.65. The third-order valence-electron chi connectivity index (χ3n) is 3.60. The van der Waals surface area contributed by atoms with E-state index in [2.05, 4.69) is 9.88 Å². The summed E-state index contributed by atoms with van der Waals surface area (Å²) in [4.78, 5) is 6.53. The molecule has 1 fully saturated rings. The lowest BCUT2D eigenvalue weighted by molar-refractivity contribution is 0.00478. The van der Waals surface area contributed by atoms with Crippen molar-refractivity contribution in [1.82, 2.24) is 9.88 Å². The summed E-state index contributed by atoms with van der Waals surface area (Å²) in [6.45, 7) is 4.09. The number of hydrogen-bond acceptors (Lipinski definition) is 5. The van der Waals surface area contributed by atoms with Crippen LogP contribution in [0.3, 0.4) is 0 Å². The fraction of sp³-hybridized carbons (Fsp3) is 0.438. The predicted octanol–water partition coefficient (Wildman–Crippen LogP) is 1.31. The zero-order valence-corrected chi connectivity index (χ0v) is 11.9. The highest BCUT2D eigenvalue weighted by atomic mass is 16.5. The van der Waals surface area contributed by atoms with Crippen molar-refractivity contribution in [3.63, 3.8) is 0 Å². The van der Waals surface area contributed by atoms with E-state index in [1.54, 1.807) is 6.20 Å². The third-order valence-corrected chi connectivity index (χ3v) is 3.60. The average molecular weight is 288 g/mol. The predicted molar refractivity (Wildman–Crippen MR) is 80.5 cm³/mol. The van der Waals surface area contributed by atoms with E-state index in [0.29, 0.717) is 12.3 Å². The van der Waals surface area contributed by atoms with Gasteiger partial charge in [-0.15, -0.1) is 0 Å². The molecule has 1 N–H and O–H groups in total. The zero-order chi connectivity index (χ0) is 14.5. The molecule has 2 aromatic rings. The number of para-hydroxylation sites is 1. The molecule has 1 saturated heterocycles. The molecule has 21 heavy (non-hydrogen) atoms. The van der Waals surface area contributed by atoms with Gasteiger partial charge in [-0.25, -0.2) is 0 Å². The van der Waals surface area contributed by atoms with E-state index in [0.717, 1.165) is 37.2 Å². The van der Waals surface area contributed by atoms with Gasteiger partial charge in [-0.3, -0.25) is 9.88 Å². The number of ether oxygens (including phenoxy) is 2. The van der Waals surface area contributed by atoms with Gasteiger partial charge in [0.25, 0.3) is 0 Å². The SMILES string of the molecule is OC(COc1cccc2cccnc12)CN1CCOCC1. The van der Waals surface area contributed by atoms with E-state index in [1.165, 1.54) is 0 Å². The van der Waals surface area contributed by atoms with Crippen LogP contribution in [0.4, 0.5) is 0 Å². The van der Waals surface area contributed by atoms with Gasteiger partial charge in [0.05, 0.1) is 13.2 Å². The summed E-state index contributed by atoms with van der Waals surface area (Å²) in [5.74, 6) is 0.717. The fourth-order valence-electron chi connectivity index (χ4n) is 2.51. The molecular formula is C16H20N2O3. The summed E-state index contributed by atoms with van der Waals surface area (Å²) in [5, 5.41) is 11.1. The van der Waals surface area contributed by atoms with Gasteiger partial charge in [0, 0.05) is 31.2 Å². The molecular weight excluding hydrogens is 268 g/mol. The summed E-state index contributed by atoms with van der Waals surface area (Å²) in [5.41, 5.74) is 0.832. The van der Waals surface area contributed by atoms with Crippen molar-refractivity contribution >= 4 is 10.9 Å². The van der Waals surface area contributed by atoms with E-state index in [9.17, 15) is 5.11 Å². The Morgan fingerprint density at radius 1 is 1.24 bits per heavy atom. The minimum absolute atomic E-state index is 0.271. The summed E-state index contributed by atoms with van der Waals surface area (Å²) < 4.78 is 11.0. The standard InChI is InChI=1S/C16H20N2O3/c19-14(11-18-7-9-20-10-8-18)12-21-15-5-1-3-13-4-2-6-17-16(13)15/h1-6,14,19H,7-12H2. The Labute approximate surface area is 124 Å². The molecule has 3 rings (SSSR count). The second kappa shape index (κ2) is 6.85. The van der Waals surface area contributed by atoms with Crippen molar-refractivity contribution in [1.29, 1.82) is 0 Å². The Morgan fingerprint density at radius 2 is 2.05 bits per heavy atom. The van der Waals surface area contributed by atoms with Crippen molar-refractivity contribution in [2.45, 2.75) is 6.10 Å². The van der Waals surface area contributed by atoms with Gasteiger partial charge < -0.3 is 14.6 Å². The summed E-state index contributed by atoms with van der Waals surface area (Å²) in [7, 11) is 0. The van der Waals surface area contributed by atoms with Gasteiger partial charge >= 0.3 is 0 Å². The number of hydrogen-bond donors (Lipinski definition) is 1. The topological polar surface area (TPSA) is 54.8 Å². The molecule has 0 radical (unpaired) electrons. The maximum atomic E-state index is 10.1. The largest absolute Gasteiger partial charge is 0.489 e. The minimum Gasteiger partial charge on any atom is -0.489 e. The maximum absolute atomic E-state index is 10.1. The van der Waals surface area contributed by atoms with Crippen LogP contribution in [-0.4, -0.2) is 60.5 Å². The van der Waals surface area contributed by atoms with Crippen molar-refractivity contribution in [3.8, 4) is 5.75 Å². The highest BCUT2D eigenvalue weighted by Gasteiger charge is 2.15. The Balaban J connectivity index is 1.58. The van der Waals surface area contributed by atoms with Crippen LogP contribution in [0.15, 0.2) is 36.5 Å². The number of aliphatic hydroxyl groups is 1. The van der Waals surface area contributed by atoms with Gasteiger partial charge in [-0.1, -0.05) is 18.2 Å². The quantitative estimate of drug-likeness (QED) is 0.899. The first-order chi connectivity index (χ1) is 10.3. The summed E-state index contributed by atoms with van der Waals surface area (Å²) >= 11 is 0. The van der Waals surface area contributed by atoms with E-state index in [4.69, 9.17) is 9.47 Å². The molecule has 5 nitrogen and oxygen atoms in total. The molecule has 1 aliphatic heterocycles. The molecule has 1 aliphatic rings. The number of nitrogens with zero attached hydrogens (tertiary/aromatic N) is 2. The van der Waals surface area contributed by atoms with E-state index >= 15 is 0 Å². The van der Waals surface area contributed by atoms with Gasteiger partial charge in [0.1, 0.15) is 24.0 Å². The van der Waals surface area contributed by atoms with Crippen LogP contribution >= 0.6 is 0 Å². The van der Waals surface area contributed by atoms with Gasteiger partial charge in [0.2, 0.25) is 0 Å². The fourth-order valence-corrected chi connectivity index (χ4v) is 2.51. The van der Waals surface area contributed by atoms with E-state index in [1.807, 2.05) is 30.3 Å². The van der Waals surface area contributed by atoms with Crippen LogP contribution < -0.4 is 4.74 Å². The molecule has 0 saturated carbocycles. The second-order valence-corrected chi connectivity index (χ2v) is 5.21. The monoisotopic (exact) mass is 288 g/mol. The van der Waals surface area contributed by atoms with Crippen LogP contribution in [-0.2, 0) is 4.74 Å². The lowest BCUT2D eigenvalue weighted by atomic mass is 10.2. The number of aliphatic hydroxyl groups excluding tert-OH is 1. The second-order valence-electron chi connectivity index (χ2n) is 5.21. The molecule has 2 heterocycles. The maximum Gasteiger partial charge on any atom is 0.145 e. The van der Waals surface area contributed by atoms with Crippen molar-refractivity contribution in [3.05, 3.63) is 36.5 Å². The van der Waals surface area contributed by atoms with Crippen molar-refractivity contribution in [2.24, 2.45) is 0 Å². The van der Waals surface area contributed by atoms with Gasteiger partial charge in [-0.2, -0.15) is 0 Å². The van der Waals surface area contributed by atoms with Crippen molar-refractivity contribution < 1.29 is 14.6 Å². The van der Waals surface area contributed by atoms with Crippen LogP contribution in [0, 0.1) is 0 Å². The first kappa shape index (κ1) is 14.3. The van der Waals surface area contributed by atoms with Crippen molar-refractivity contribution in [2.75, 3.05) is 39.5 Å². The first-order valence-corrected chi connectivity index (χ1v) is 7.27. The minimum atomic E-state index is -0.512. The molecule has 1 unspecified atom stereocenters. The van der Waals surface area contributed by atoms with Gasteiger partial charge in [0.15, 0.2) is 0 Å². The normalized spacial score (nSPS) is 17.8. The number of rotatable bonds is 5. The number of morpholine rings is 1. The zero-order valence-electron chi connectivity index (χ0n) is 11.9. The molecule has 1 aromatic heterocycles. The summed E-state index contributed by atoms with van der Waals surface area (Å²) in [6.07, 6.45) is 1.24. The van der Waals surface area contributed by atoms with Crippen LogP contribution in [0.1, 0.15) is 0 Å². The lowest BCUT2D eigenvalue weighted by Gasteiger charge is -2.28. The van der Waals surface area contributed by atoms with Crippen LogP contribution in [0.25, 0.3) is 10.9 Å². The Hall–Kier alpha value is -1.69. The smallest absolute Gasteiger partial charge is 0.145 e.